The first kappa shape index (κ1) is 16.3. The second kappa shape index (κ2) is 5.97. The number of carbonyl (C=O) groups excluding carboxylic acids is 1. The molecule has 1 N–H and O–H groups in total. The lowest BCUT2D eigenvalue weighted by Crippen LogP contribution is -2.41. The van der Waals surface area contributed by atoms with E-state index in [0.29, 0.717) is 0 Å². The molecule has 1 atom stereocenters. The quantitative estimate of drug-likeness (QED) is 0.919. The van der Waals surface area contributed by atoms with Crippen LogP contribution in [0.25, 0.3) is 5.69 Å². The molecule has 1 fully saturated rings. The monoisotopic (exact) mass is 341 g/mol. The van der Waals surface area contributed by atoms with Crippen LogP contribution < -0.4 is 5.32 Å². The van der Waals surface area contributed by atoms with Crippen LogP contribution in [0.4, 0.5) is 4.39 Å². The van der Waals surface area contributed by atoms with Crippen LogP contribution in [-0.4, -0.2) is 15.7 Å². The van der Waals surface area contributed by atoms with Crippen LogP contribution in [0.2, 0.25) is 0 Å². The van der Waals surface area contributed by atoms with Gasteiger partial charge in [0, 0.05) is 11.5 Å². The van der Waals surface area contributed by atoms with Crippen molar-refractivity contribution in [3.05, 3.63) is 47.5 Å². The maximum atomic E-state index is 13.2. The zero-order valence-corrected chi connectivity index (χ0v) is 14.8. The van der Waals surface area contributed by atoms with Gasteiger partial charge in [-0.15, -0.1) is 0 Å². The Morgan fingerprint density at radius 1 is 1.28 bits per heavy atom. The number of fused-ring (bicyclic) bond motifs is 1. The lowest BCUT2D eigenvalue weighted by Gasteiger charge is -2.37. The Hall–Kier alpha value is -2.17. The molecule has 2 aromatic rings. The molecule has 132 valence electrons. The van der Waals surface area contributed by atoms with Gasteiger partial charge >= 0.3 is 0 Å². The van der Waals surface area contributed by atoms with Crippen LogP contribution in [0.15, 0.2) is 30.5 Å². The number of carbonyl (C=O) groups is 1. The Morgan fingerprint density at radius 2 is 2.00 bits per heavy atom. The Kier molecular flexibility index (Phi) is 3.89. The van der Waals surface area contributed by atoms with Gasteiger partial charge in [0.05, 0.1) is 23.6 Å². The topological polar surface area (TPSA) is 46.9 Å². The van der Waals surface area contributed by atoms with E-state index in [1.54, 1.807) is 12.1 Å². The van der Waals surface area contributed by atoms with Crippen molar-refractivity contribution in [2.45, 2.75) is 52.0 Å². The summed E-state index contributed by atoms with van der Waals surface area (Å²) in [7, 11) is 0. The minimum absolute atomic E-state index is 0.000971. The smallest absolute Gasteiger partial charge is 0.223 e. The van der Waals surface area contributed by atoms with Crippen molar-refractivity contribution in [3.63, 3.8) is 0 Å². The Labute approximate surface area is 147 Å². The van der Waals surface area contributed by atoms with E-state index >= 15 is 0 Å². The van der Waals surface area contributed by atoms with E-state index in [-0.39, 0.29) is 29.1 Å². The summed E-state index contributed by atoms with van der Waals surface area (Å²) in [4.78, 5) is 12.4. The highest BCUT2D eigenvalue weighted by Gasteiger charge is 2.37. The van der Waals surface area contributed by atoms with Crippen molar-refractivity contribution in [2.75, 3.05) is 0 Å². The van der Waals surface area contributed by atoms with Gasteiger partial charge in [-0.3, -0.25) is 4.79 Å². The molecule has 5 heteroatoms. The first-order valence-electron chi connectivity index (χ1n) is 9.06. The predicted molar refractivity (Wildman–Crippen MR) is 93.8 cm³/mol. The molecule has 0 unspecified atom stereocenters. The summed E-state index contributed by atoms with van der Waals surface area (Å²) in [5, 5.41) is 7.80. The zero-order valence-electron chi connectivity index (χ0n) is 14.8. The van der Waals surface area contributed by atoms with Gasteiger partial charge in [-0.05, 0) is 55.4 Å². The molecule has 1 aromatic heterocycles. The molecule has 2 aliphatic rings. The van der Waals surface area contributed by atoms with Crippen LogP contribution in [-0.2, 0) is 11.2 Å². The Balaban J connectivity index is 1.66. The number of hydrogen-bond acceptors (Lipinski definition) is 2. The molecule has 0 spiro atoms. The van der Waals surface area contributed by atoms with E-state index < -0.39 is 0 Å². The molecule has 1 saturated carbocycles. The van der Waals surface area contributed by atoms with Gasteiger partial charge in [-0.1, -0.05) is 20.3 Å². The highest BCUT2D eigenvalue weighted by molar-refractivity contribution is 5.80. The van der Waals surface area contributed by atoms with Gasteiger partial charge in [0.1, 0.15) is 5.82 Å². The third-order valence-corrected chi connectivity index (χ3v) is 5.54. The number of rotatable bonds is 3. The summed E-state index contributed by atoms with van der Waals surface area (Å²) in [6.07, 6.45) is 6.82. The molecule has 1 heterocycles. The molecule has 0 aliphatic heterocycles. The minimum atomic E-state index is -0.254. The van der Waals surface area contributed by atoms with Gasteiger partial charge in [0.2, 0.25) is 5.91 Å². The van der Waals surface area contributed by atoms with Crippen molar-refractivity contribution in [1.82, 2.24) is 15.1 Å². The molecule has 0 bridgehead atoms. The SMILES string of the molecule is CC1(C)Cc2c(cnn2-c2ccc(F)cc2)[C@H](NC(=O)C2CCC2)C1. The largest absolute Gasteiger partial charge is 0.349 e. The van der Waals surface area contributed by atoms with Crippen LogP contribution in [0.1, 0.15) is 56.8 Å². The number of nitrogens with one attached hydrogen (secondary N) is 1. The molecule has 4 nitrogen and oxygen atoms in total. The molecule has 25 heavy (non-hydrogen) atoms. The van der Waals surface area contributed by atoms with Crippen molar-refractivity contribution in [1.29, 1.82) is 0 Å². The summed E-state index contributed by atoms with van der Waals surface area (Å²) < 4.78 is 15.1. The van der Waals surface area contributed by atoms with Crippen molar-refractivity contribution < 1.29 is 9.18 Å². The van der Waals surface area contributed by atoms with Gasteiger partial charge in [0.15, 0.2) is 0 Å². The van der Waals surface area contributed by atoms with Gasteiger partial charge in [-0.25, -0.2) is 9.07 Å². The first-order valence-corrected chi connectivity index (χ1v) is 9.06. The fourth-order valence-corrected chi connectivity index (χ4v) is 3.94. The van der Waals surface area contributed by atoms with Gasteiger partial charge in [0.25, 0.3) is 0 Å². The van der Waals surface area contributed by atoms with Crippen molar-refractivity contribution >= 4 is 5.91 Å². The molecule has 0 saturated heterocycles. The van der Waals surface area contributed by atoms with Gasteiger partial charge < -0.3 is 5.32 Å². The maximum absolute atomic E-state index is 13.2. The maximum Gasteiger partial charge on any atom is 0.223 e. The molecule has 4 rings (SSSR count). The number of amides is 1. The molecule has 1 amide bonds. The fraction of sp³-hybridized carbons (Fsp3) is 0.500. The van der Waals surface area contributed by atoms with Crippen molar-refractivity contribution in [3.8, 4) is 5.69 Å². The normalized spacial score (nSPS) is 22.1. The van der Waals surface area contributed by atoms with E-state index in [4.69, 9.17) is 0 Å². The number of benzene rings is 1. The van der Waals surface area contributed by atoms with E-state index in [9.17, 15) is 9.18 Å². The van der Waals surface area contributed by atoms with Gasteiger partial charge in [-0.2, -0.15) is 5.10 Å². The van der Waals surface area contributed by atoms with Crippen LogP contribution >= 0.6 is 0 Å². The zero-order chi connectivity index (χ0) is 17.6. The van der Waals surface area contributed by atoms with E-state index in [1.165, 1.54) is 12.1 Å². The second-order valence-electron chi connectivity index (χ2n) is 8.17. The van der Waals surface area contributed by atoms with E-state index in [1.807, 2.05) is 10.9 Å². The Bertz CT molecular complexity index is 790. The van der Waals surface area contributed by atoms with Crippen LogP contribution in [0.5, 0.6) is 0 Å². The fourth-order valence-electron chi connectivity index (χ4n) is 3.94. The summed E-state index contributed by atoms with van der Waals surface area (Å²) in [5.74, 6) is 0.103. The number of nitrogens with zero attached hydrogens (tertiary/aromatic N) is 2. The Morgan fingerprint density at radius 3 is 2.64 bits per heavy atom. The summed E-state index contributed by atoms with van der Waals surface area (Å²) in [6, 6.07) is 6.39. The molecular weight excluding hydrogens is 317 g/mol. The highest BCUT2D eigenvalue weighted by atomic mass is 19.1. The van der Waals surface area contributed by atoms with Crippen LogP contribution in [0, 0.1) is 17.2 Å². The summed E-state index contributed by atoms with van der Waals surface area (Å²) >= 11 is 0. The summed E-state index contributed by atoms with van der Waals surface area (Å²) in [6.45, 7) is 4.45. The molecule has 0 radical (unpaired) electrons. The lowest BCUT2D eigenvalue weighted by atomic mass is 9.74. The third-order valence-electron chi connectivity index (χ3n) is 5.54. The number of halogens is 1. The van der Waals surface area contributed by atoms with Crippen molar-refractivity contribution in [2.24, 2.45) is 11.3 Å². The average Bonchev–Trinajstić information content (AvgIpc) is 2.88. The number of aromatic nitrogens is 2. The molecular formula is C20H24FN3O. The summed E-state index contributed by atoms with van der Waals surface area (Å²) in [5.41, 5.74) is 3.13. The lowest BCUT2D eigenvalue weighted by molar-refractivity contribution is -0.128. The minimum Gasteiger partial charge on any atom is -0.349 e. The molecule has 2 aliphatic carbocycles. The number of hydrogen-bond donors (Lipinski definition) is 1. The van der Waals surface area contributed by atoms with E-state index in [0.717, 1.165) is 49.0 Å². The third kappa shape index (κ3) is 3.08. The average molecular weight is 341 g/mol. The van der Waals surface area contributed by atoms with Crippen LogP contribution in [0.3, 0.4) is 0 Å². The highest BCUT2D eigenvalue weighted by Crippen LogP contribution is 2.42. The second-order valence-corrected chi connectivity index (χ2v) is 8.17. The van der Waals surface area contributed by atoms with E-state index in [2.05, 4.69) is 24.3 Å². The molecule has 1 aromatic carbocycles. The first-order chi connectivity index (χ1) is 11.9. The predicted octanol–water partition coefficient (Wildman–Crippen LogP) is 3.94. The standard InChI is InChI=1S/C20H24FN3O/c1-20(2)10-17(23-19(25)13-4-3-5-13)16-12-22-24(18(16)11-20)15-8-6-14(21)7-9-15/h6-9,12-13,17H,3-5,10-11H2,1-2H3,(H,23,25)/t17-/m1/s1.